The molecule has 5 nitrogen and oxygen atoms in total. The van der Waals surface area contributed by atoms with E-state index in [9.17, 15) is 13.2 Å². The van der Waals surface area contributed by atoms with Crippen LogP contribution >= 0.6 is 0 Å². The summed E-state index contributed by atoms with van der Waals surface area (Å²) in [5.74, 6) is 0.277. The van der Waals surface area contributed by atoms with Gasteiger partial charge in [-0.3, -0.25) is 4.79 Å². The van der Waals surface area contributed by atoms with Crippen LogP contribution in [0, 0.1) is 0 Å². The molecule has 1 aliphatic rings. The maximum Gasteiger partial charge on any atom is 0.258 e. The highest BCUT2D eigenvalue weighted by molar-refractivity contribution is 7.89. The first kappa shape index (κ1) is 21.5. The van der Waals surface area contributed by atoms with E-state index < -0.39 is 10.0 Å². The van der Waals surface area contributed by atoms with Crippen molar-refractivity contribution in [3.8, 4) is 0 Å². The molecule has 1 aliphatic heterocycles. The Labute approximate surface area is 174 Å². The molecule has 0 spiro atoms. The maximum absolute atomic E-state index is 13.3. The van der Waals surface area contributed by atoms with Crippen LogP contribution in [0.25, 0.3) is 0 Å². The molecule has 0 radical (unpaired) electrons. The van der Waals surface area contributed by atoms with Gasteiger partial charge in [0.25, 0.3) is 5.91 Å². The van der Waals surface area contributed by atoms with Crippen LogP contribution in [0.15, 0.2) is 47.4 Å². The predicted molar refractivity (Wildman–Crippen MR) is 117 cm³/mol. The Bertz CT molecular complexity index is 1010. The van der Waals surface area contributed by atoms with Crippen molar-refractivity contribution in [1.82, 2.24) is 4.31 Å². The minimum absolute atomic E-state index is 0.145. The molecule has 0 N–H and O–H groups in total. The topological polar surface area (TPSA) is 57.7 Å². The van der Waals surface area contributed by atoms with E-state index in [-0.39, 0.29) is 16.8 Å². The van der Waals surface area contributed by atoms with Crippen LogP contribution in [-0.4, -0.2) is 38.3 Å². The normalized spacial score (nSPS) is 14.6. The third-order valence-electron chi connectivity index (χ3n) is 5.62. The van der Waals surface area contributed by atoms with E-state index in [0.29, 0.717) is 18.0 Å². The smallest absolute Gasteiger partial charge is 0.258 e. The van der Waals surface area contributed by atoms with E-state index in [1.165, 1.54) is 21.5 Å². The van der Waals surface area contributed by atoms with Crippen LogP contribution in [0.1, 0.15) is 61.5 Å². The molecule has 2 aromatic carbocycles. The van der Waals surface area contributed by atoms with Gasteiger partial charge in [-0.25, -0.2) is 8.42 Å². The van der Waals surface area contributed by atoms with Gasteiger partial charge in [-0.1, -0.05) is 32.0 Å². The summed E-state index contributed by atoms with van der Waals surface area (Å²) < 4.78 is 27.0. The summed E-state index contributed by atoms with van der Waals surface area (Å²) in [6, 6.07) is 12.5. The second-order valence-electron chi connectivity index (χ2n) is 8.25. The van der Waals surface area contributed by atoms with Gasteiger partial charge in [-0.05, 0) is 68.0 Å². The van der Waals surface area contributed by atoms with E-state index in [4.69, 9.17) is 0 Å². The molecule has 1 heterocycles. The zero-order chi connectivity index (χ0) is 21.3. The lowest BCUT2D eigenvalue weighted by atomic mass is 9.94. The number of hydrogen-bond acceptors (Lipinski definition) is 3. The molecule has 156 valence electrons. The van der Waals surface area contributed by atoms with E-state index in [2.05, 4.69) is 26.0 Å². The number of carbonyl (C=O) groups excluding carboxylic acids is 1. The second kappa shape index (κ2) is 8.28. The molecular formula is C23H30N2O3S. The van der Waals surface area contributed by atoms with Crippen molar-refractivity contribution in [2.75, 3.05) is 18.5 Å². The summed E-state index contributed by atoms with van der Waals surface area (Å²) in [4.78, 5) is 15.2. The molecule has 1 amide bonds. The lowest BCUT2D eigenvalue weighted by Gasteiger charge is -2.30. The highest BCUT2D eigenvalue weighted by Crippen LogP contribution is 2.31. The lowest BCUT2D eigenvalue weighted by molar-refractivity contribution is 0.0985. The van der Waals surface area contributed by atoms with Gasteiger partial charge in [-0.2, -0.15) is 4.31 Å². The van der Waals surface area contributed by atoms with Crippen LogP contribution in [-0.2, 0) is 16.4 Å². The van der Waals surface area contributed by atoms with Crippen LogP contribution in [0.3, 0.4) is 0 Å². The zero-order valence-electron chi connectivity index (χ0n) is 17.8. The van der Waals surface area contributed by atoms with Crippen molar-refractivity contribution in [3.05, 3.63) is 59.2 Å². The summed E-state index contributed by atoms with van der Waals surface area (Å²) in [6.45, 7) is 8.60. The van der Waals surface area contributed by atoms with E-state index >= 15 is 0 Å². The molecule has 0 aliphatic carbocycles. The Kier molecular flexibility index (Phi) is 6.15. The Hall–Kier alpha value is -2.18. The zero-order valence-corrected chi connectivity index (χ0v) is 18.7. The molecule has 6 heteroatoms. The Balaban J connectivity index is 1.95. The number of anilines is 1. The minimum Gasteiger partial charge on any atom is -0.308 e. The van der Waals surface area contributed by atoms with Gasteiger partial charge in [0.2, 0.25) is 10.0 Å². The Morgan fingerprint density at radius 3 is 2.45 bits per heavy atom. The van der Waals surface area contributed by atoms with Crippen LogP contribution in [0.4, 0.5) is 5.69 Å². The SMILES string of the molecule is CC(C)c1ccc2c(c1)CCCN2C(=O)c1cccc(S(=O)(=O)N(C)C(C)C)c1. The summed E-state index contributed by atoms with van der Waals surface area (Å²) in [6.07, 6.45) is 1.85. The van der Waals surface area contributed by atoms with Crippen LogP contribution < -0.4 is 4.90 Å². The summed E-state index contributed by atoms with van der Waals surface area (Å²) in [5, 5.41) is 0. The van der Waals surface area contributed by atoms with E-state index in [0.717, 1.165) is 18.5 Å². The molecule has 0 saturated heterocycles. The van der Waals surface area contributed by atoms with Crippen molar-refractivity contribution in [1.29, 1.82) is 0 Å². The third kappa shape index (κ3) is 4.23. The largest absolute Gasteiger partial charge is 0.308 e. The average molecular weight is 415 g/mol. The average Bonchev–Trinajstić information content (AvgIpc) is 2.71. The standard InChI is InChI=1S/C23H30N2O3S/c1-16(2)18-11-12-22-19(14-18)9-7-13-25(22)23(26)20-8-6-10-21(15-20)29(27,28)24(5)17(3)4/h6,8,10-12,14-17H,7,9,13H2,1-5H3. The number of carbonyl (C=O) groups is 1. The highest BCUT2D eigenvalue weighted by atomic mass is 32.2. The van der Waals surface area contributed by atoms with Gasteiger partial charge in [-0.15, -0.1) is 0 Å². The number of hydrogen-bond donors (Lipinski definition) is 0. The van der Waals surface area contributed by atoms with Crippen LogP contribution in [0.5, 0.6) is 0 Å². The molecule has 0 atom stereocenters. The van der Waals surface area contributed by atoms with Gasteiger partial charge in [0.15, 0.2) is 0 Å². The number of nitrogens with zero attached hydrogens (tertiary/aromatic N) is 2. The van der Waals surface area contributed by atoms with Crippen molar-refractivity contribution in [2.24, 2.45) is 0 Å². The molecule has 0 unspecified atom stereocenters. The number of benzene rings is 2. The van der Waals surface area contributed by atoms with Gasteiger partial charge < -0.3 is 4.90 Å². The number of amides is 1. The quantitative estimate of drug-likeness (QED) is 0.727. The Morgan fingerprint density at radius 1 is 1.07 bits per heavy atom. The number of aryl methyl sites for hydroxylation is 1. The summed E-state index contributed by atoms with van der Waals surface area (Å²) in [5.41, 5.74) is 3.77. The first-order valence-electron chi connectivity index (χ1n) is 10.2. The van der Waals surface area contributed by atoms with Gasteiger partial charge >= 0.3 is 0 Å². The van der Waals surface area contributed by atoms with Gasteiger partial charge in [0.1, 0.15) is 0 Å². The molecule has 0 bridgehead atoms. The fraction of sp³-hybridized carbons (Fsp3) is 0.435. The lowest BCUT2D eigenvalue weighted by Crippen LogP contribution is -2.36. The van der Waals surface area contributed by atoms with Gasteiger partial charge in [0.05, 0.1) is 4.90 Å². The third-order valence-corrected chi connectivity index (χ3v) is 7.65. The fourth-order valence-electron chi connectivity index (χ4n) is 3.58. The van der Waals surface area contributed by atoms with Crippen molar-refractivity contribution in [2.45, 2.75) is 57.4 Å². The molecule has 0 aromatic heterocycles. The van der Waals surface area contributed by atoms with Gasteiger partial charge in [0, 0.05) is 30.9 Å². The second-order valence-corrected chi connectivity index (χ2v) is 10.2. The Morgan fingerprint density at radius 2 is 1.79 bits per heavy atom. The van der Waals surface area contributed by atoms with Crippen molar-refractivity contribution in [3.63, 3.8) is 0 Å². The molecule has 3 rings (SSSR count). The number of rotatable bonds is 5. The fourth-order valence-corrected chi connectivity index (χ4v) is 4.99. The number of sulfonamides is 1. The summed E-state index contributed by atoms with van der Waals surface area (Å²) in [7, 11) is -2.08. The molecule has 0 saturated carbocycles. The van der Waals surface area contributed by atoms with Crippen molar-refractivity contribution >= 4 is 21.6 Å². The summed E-state index contributed by atoms with van der Waals surface area (Å²) >= 11 is 0. The predicted octanol–water partition coefficient (Wildman–Crippen LogP) is 4.43. The molecular weight excluding hydrogens is 384 g/mol. The monoisotopic (exact) mass is 414 g/mol. The molecule has 2 aromatic rings. The number of fused-ring (bicyclic) bond motifs is 1. The van der Waals surface area contributed by atoms with E-state index in [1.54, 1.807) is 30.1 Å². The van der Waals surface area contributed by atoms with Crippen LogP contribution in [0.2, 0.25) is 0 Å². The minimum atomic E-state index is -3.64. The maximum atomic E-state index is 13.3. The van der Waals surface area contributed by atoms with E-state index in [1.807, 2.05) is 19.9 Å². The molecule has 0 fully saturated rings. The highest BCUT2D eigenvalue weighted by Gasteiger charge is 2.27. The first-order valence-corrected chi connectivity index (χ1v) is 11.6. The molecule has 29 heavy (non-hydrogen) atoms. The van der Waals surface area contributed by atoms with Crippen molar-refractivity contribution < 1.29 is 13.2 Å². The first-order chi connectivity index (χ1) is 13.6.